The van der Waals surface area contributed by atoms with Crippen LogP contribution in [0.5, 0.6) is 0 Å². The van der Waals surface area contributed by atoms with E-state index < -0.39 is 0 Å². The monoisotopic (exact) mass is 392 g/mol. The maximum atomic E-state index is 12.0. The van der Waals surface area contributed by atoms with E-state index in [9.17, 15) is 10.1 Å². The molecular weight excluding hydrogens is 364 g/mol. The zero-order chi connectivity index (χ0) is 21.0. The second-order valence-electron chi connectivity index (χ2n) is 7.62. The second kappa shape index (κ2) is 9.04. The summed E-state index contributed by atoms with van der Waals surface area (Å²) in [5.74, 6) is 0.248. The van der Waals surface area contributed by atoms with Crippen LogP contribution in [-0.4, -0.2) is 35.6 Å². The molecule has 29 heavy (non-hydrogen) atoms. The first-order valence-electron chi connectivity index (χ1n) is 10.2. The molecule has 1 saturated heterocycles. The number of esters is 1. The minimum absolute atomic E-state index is 0.0445. The van der Waals surface area contributed by atoms with Crippen molar-refractivity contribution in [2.45, 2.75) is 40.5 Å². The summed E-state index contributed by atoms with van der Waals surface area (Å²) in [5.41, 5.74) is 4.72. The Morgan fingerprint density at radius 1 is 1.21 bits per heavy atom. The van der Waals surface area contributed by atoms with Crippen LogP contribution in [0.15, 0.2) is 24.3 Å². The van der Waals surface area contributed by atoms with E-state index in [2.05, 4.69) is 33.1 Å². The lowest BCUT2D eigenvalue weighted by Gasteiger charge is -2.35. The number of nitrogens with zero attached hydrogens (tertiary/aromatic N) is 4. The highest BCUT2D eigenvalue weighted by atomic mass is 16.5. The van der Waals surface area contributed by atoms with Gasteiger partial charge in [-0.2, -0.15) is 5.26 Å². The van der Waals surface area contributed by atoms with Crippen molar-refractivity contribution in [2.75, 3.05) is 24.6 Å². The van der Waals surface area contributed by atoms with Gasteiger partial charge in [0.25, 0.3) is 0 Å². The van der Waals surface area contributed by atoms with Crippen molar-refractivity contribution in [2.24, 2.45) is 11.8 Å². The minimum Gasteiger partial charge on any atom is -0.466 e. The number of carbonyl (C=O) groups is 1. The average molecular weight is 393 g/mol. The van der Waals surface area contributed by atoms with Crippen molar-refractivity contribution in [1.82, 2.24) is 9.97 Å². The normalized spacial score (nSPS) is 15.6. The number of hydrogen-bond acceptors (Lipinski definition) is 6. The number of aryl methyl sites for hydroxylation is 2. The Hall–Kier alpha value is -2.94. The van der Waals surface area contributed by atoms with E-state index in [1.807, 2.05) is 32.9 Å². The molecule has 1 atom stereocenters. The maximum Gasteiger partial charge on any atom is 0.308 e. The van der Waals surface area contributed by atoms with Gasteiger partial charge in [-0.1, -0.05) is 19.1 Å². The van der Waals surface area contributed by atoms with E-state index in [1.165, 1.54) is 0 Å². The van der Waals surface area contributed by atoms with Crippen LogP contribution in [0.25, 0.3) is 11.3 Å². The summed E-state index contributed by atoms with van der Waals surface area (Å²) in [4.78, 5) is 23.3. The summed E-state index contributed by atoms with van der Waals surface area (Å²) in [7, 11) is 0. The number of anilines is 1. The third kappa shape index (κ3) is 4.56. The quantitative estimate of drug-likeness (QED) is 0.714. The van der Waals surface area contributed by atoms with Gasteiger partial charge in [0.15, 0.2) is 5.69 Å². The molecule has 1 aromatic heterocycles. The van der Waals surface area contributed by atoms with E-state index >= 15 is 0 Å². The van der Waals surface area contributed by atoms with Crippen LogP contribution < -0.4 is 4.90 Å². The summed E-state index contributed by atoms with van der Waals surface area (Å²) in [6.45, 7) is 9.84. The molecule has 2 aromatic rings. The van der Waals surface area contributed by atoms with Crippen molar-refractivity contribution in [3.63, 3.8) is 0 Å². The fraction of sp³-hybridized carbons (Fsp3) is 0.478. The van der Waals surface area contributed by atoms with Crippen molar-refractivity contribution in [1.29, 1.82) is 5.26 Å². The van der Waals surface area contributed by atoms with Crippen molar-refractivity contribution in [3.05, 3.63) is 41.3 Å². The molecule has 1 aromatic carbocycles. The number of piperidine rings is 1. The van der Waals surface area contributed by atoms with E-state index in [-0.39, 0.29) is 11.9 Å². The standard InChI is InChI=1S/C23H28N4O2/c1-5-29-23(28)15(2)18-10-12-27(13-11-18)20-8-6-19(7-9-20)22-17(4)25-16(3)21(14-24)26-22/h6-9,15,18H,5,10-13H2,1-4H3. The Kier molecular flexibility index (Phi) is 6.48. The number of benzene rings is 1. The molecule has 0 radical (unpaired) electrons. The lowest BCUT2D eigenvalue weighted by Crippen LogP contribution is -2.37. The van der Waals surface area contributed by atoms with Gasteiger partial charge in [-0.25, -0.2) is 4.98 Å². The van der Waals surface area contributed by atoms with Gasteiger partial charge in [-0.15, -0.1) is 0 Å². The van der Waals surface area contributed by atoms with Gasteiger partial charge in [-0.3, -0.25) is 9.78 Å². The Morgan fingerprint density at radius 3 is 2.45 bits per heavy atom. The topological polar surface area (TPSA) is 79.1 Å². The lowest BCUT2D eigenvalue weighted by molar-refractivity contribution is -0.149. The van der Waals surface area contributed by atoms with Gasteiger partial charge in [0.05, 0.1) is 29.6 Å². The highest BCUT2D eigenvalue weighted by Gasteiger charge is 2.29. The molecule has 1 unspecified atom stereocenters. The molecular formula is C23H28N4O2. The Balaban J connectivity index is 1.68. The van der Waals surface area contributed by atoms with Gasteiger partial charge in [0, 0.05) is 24.3 Å². The number of aromatic nitrogens is 2. The highest BCUT2D eigenvalue weighted by Crippen LogP contribution is 2.30. The molecule has 2 heterocycles. The highest BCUT2D eigenvalue weighted by molar-refractivity contribution is 5.72. The fourth-order valence-corrected chi connectivity index (χ4v) is 3.96. The molecule has 0 N–H and O–H groups in total. The minimum atomic E-state index is -0.0818. The summed E-state index contributed by atoms with van der Waals surface area (Å²) in [6, 6.07) is 10.4. The van der Waals surface area contributed by atoms with Crippen LogP contribution in [-0.2, 0) is 9.53 Å². The zero-order valence-electron chi connectivity index (χ0n) is 17.6. The Bertz CT molecular complexity index is 910. The van der Waals surface area contributed by atoms with E-state index in [4.69, 9.17) is 4.74 Å². The third-order valence-electron chi connectivity index (χ3n) is 5.76. The number of ether oxygens (including phenoxy) is 1. The fourth-order valence-electron chi connectivity index (χ4n) is 3.96. The molecule has 3 rings (SSSR count). The summed E-state index contributed by atoms with van der Waals surface area (Å²) >= 11 is 0. The summed E-state index contributed by atoms with van der Waals surface area (Å²) in [5, 5.41) is 9.23. The molecule has 1 fully saturated rings. The van der Waals surface area contributed by atoms with Crippen LogP contribution in [0, 0.1) is 37.0 Å². The predicted octanol–water partition coefficient (Wildman–Crippen LogP) is 4.05. The Morgan fingerprint density at radius 2 is 1.86 bits per heavy atom. The van der Waals surface area contributed by atoms with Crippen molar-refractivity contribution in [3.8, 4) is 17.3 Å². The molecule has 0 saturated carbocycles. The van der Waals surface area contributed by atoms with Crippen molar-refractivity contribution >= 4 is 11.7 Å². The number of carbonyl (C=O) groups excluding carboxylic acids is 1. The Labute approximate surface area is 172 Å². The van der Waals surface area contributed by atoms with E-state index in [1.54, 1.807) is 6.92 Å². The molecule has 0 bridgehead atoms. The number of nitriles is 1. The third-order valence-corrected chi connectivity index (χ3v) is 5.76. The SMILES string of the molecule is CCOC(=O)C(C)C1CCN(c2ccc(-c3nc(C#N)c(C)nc3C)cc2)CC1. The zero-order valence-corrected chi connectivity index (χ0v) is 17.6. The molecule has 1 aliphatic rings. The largest absolute Gasteiger partial charge is 0.466 e. The smallest absolute Gasteiger partial charge is 0.308 e. The maximum absolute atomic E-state index is 12.0. The molecule has 0 amide bonds. The number of hydrogen-bond donors (Lipinski definition) is 0. The summed E-state index contributed by atoms with van der Waals surface area (Å²) < 4.78 is 5.17. The predicted molar refractivity (Wildman–Crippen MR) is 112 cm³/mol. The summed E-state index contributed by atoms with van der Waals surface area (Å²) in [6.07, 6.45) is 1.96. The van der Waals surface area contributed by atoms with Crippen molar-refractivity contribution < 1.29 is 9.53 Å². The first kappa shape index (κ1) is 20.8. The van der Waals surface area contributed by atoms with Crippen LogP contribution in [0.1, 0.15) is 43.8 Å². The van der Waals surface area contributed by atoms with Crippen LogP contribution in [0.4, 0.5) is 5.69 Å². The molecule has 6 nitrogen and oxygen atoms in total. The number of rotatable bonds is 5. The molecule has 1 aliphatic heterocycles. The molecule has 0 spiro atoms. The van der Waals surface area contributed by atoms with Crippen LogP contribution >= 0.6 is 0 Å². The first-order chi connectivity index (χ1) is 13.9. The van der Waals surface area contributed by atoms with Gasteiger partial charge in [-0.05, 0) is 51.7 Å². The van der Waals surface area contributed by atoms with Crippen LogP contribution in [0.3, 0.4) is 0 Å². The van der Waals surface area contributed by atoms with Gasteiger partial charge in [0.1, 0.15) is 6.07 Å². The molecule has 152 valence electrons. The van der Waals surface area contributed by atoms with E-state index in [0.29, 0.717) is 23.9 Å². The van der Waals surface area contributed by atoms with E-state index in [0.717, 1.165) is 48.6 Å². The molecule has 6 heteroatoms. The van der Waals surface area contributed by atoms with Gasteiger partial charge in [0.2, 0.25) is 0 Å². The average Bonchev–Trinajstić information content (AvgIpc) is 2.74. The van der Waals surface area contributed by atoms with Crippen LogP contribution in [0.2, 0.25) is 0 Å². The van der Waals surface area contributed by atoms with Gasteiger partial charge >= 0.3 is 5.97 Å². The van der Waals surface area contributed by atoms with Gasteiger partial charge < -0.3 is 9.64 Å². The first-order valence-corrected chi connectivity index (χ1v) is 10.2. The molecule has 0 aliphatic carbocycles. The lowest BCUT2D eigenvalue weighted by atomic mass is 9.85. The second-order valence-corrected chi connectivity index (χ2v) is 7.62.